The van der Waals surface area contributed by atoms with Crippen LogP contribution in [0.3, 0.4) is 0 Å². The van der Waals surface area contributed by atoms with E-state index in [0.29, 0.717) is 29.5 Å². The third-order valence-electron chi connectivity index (χ3n) is 8.54. The van der Waals surface area contributed by atoms with E-state index < -0.39 is 9.84 Å². The lowest BCUT2D eigenvalue weighted by molar-refractivity contribution is -0.929. The molecule has 1 amide bonds. The molecule has 0 bridgehead atoms. The zero-order valence-corrected chi connectivity index (χ0v) is 28.8. The first kappa shape index (κ1) is 34.1. The first-order valence-corrected chi connectivity index (χ1v) is 16.9. The van der Waals surface area contributed by atoms with E-state index in [1.54, 1.807) is 12.1 Å². The van der Waals surface area contributed by atoms with Crippen LogP contribution < -0.4 is 34.0 Å². The second-order valence-corrected chi connectivity index (χ2v) is 14.2. The van der Waals surface area contributed by atoms with E-state index >= 15 is 0 Å². The van der Waals surface area contributed by atoms with E-state index in [0.717, 1.165) is 66.8 Å². The summed E-state index contributed by atoms with van der Waals surface area (Å²) in [6, 6.07) is 21.7. The Labute approximate surface area is 279 Å². The number of halogens is 1. The fourth-order valence-corrected chi connectivity index (χ4v) is 7.34. The number of fused-ring (bicyclic) bond motifs is 1. The number of hydrogen-bond acceptors (Lipinski definition) is 5. The van der Waals surface area contributed by atoms with Crippen LogP contribution in [-0.2, 0) is 25.9 Å². The summed E-state index contributed by atoms with van der Waals surface area (Å²) >= 11 is 0. The highest BCUT2D eigenvalue weighted by Crippen LogP contribution is 2.32. The largest absolute Gasteiger partial charge is 1.00 e. The Morgan fingerprint density at radius 3 is 2.34 bits per heavy atom. The van der Waals surface area contributed by atoms with Crippen LogP contribution >= 0.6 is 0 Å². The third-order valence-corrected chi connectivity index (χ3v) is 10.3. The second kappa shape index (κ2) is 15.0. The summed E-state index contributed by atoms with van der Waals surface area (Å²) < 4.78 is 38.4. The minimum absolute atomic E-state index is 0. The number of carbonyl (C=O) groups is 1. The van der Waals surface area contributed by atoms with Gasteiger partial charge in [0.05, 0.1) is 50.6 Å². The minimum Gasteiger partial charge on any atom is -1.00 e. The number of sulfone groups is 1. The summed E-state index contributed by atoms with van der Waals surface area (Å²) in [4.78, 5) is 13.6. The highest BCUT2D eigenvalue weighted by Gasteiger charge is 2.30. The van der Waals surface area contributed by atoms with Crippen LogP contribution in [0.1, 0.15) is 50.2 Å². The molecule has 0 radical (unpaired) electrons. The molecule has 9 heteroatoms. The molecule has 0 saturated carbocycles. The number of nitrogens with one attached hydrogen (secondary N) is 1. The standard InChI is InChI=1S/C35H42N2O5S.HI/c1-4-5-19-42-33-13-8-27(9-14-33)28-10-15-34-30(23-28)24-29(18-22-43(34,39)40)35(38)36-31-11-6-26(7-12-31)25-37(2,3)32-16-20-41-21-17-32;/h6-15,23-24,32H,4-5,16-22,25H2,1-3H3;1H. The Kier molecular flexibility index (Phi) is 11.7. The van der Waals surface area contributed by atoms with Gasteiger partial charge in [-0.1, -0.05) is 43.7 Å². The number of ether oxygens (including phenoxy) is 2. The molecule has 3 aromatic carbocycles. The Morgan fingerprint density at radius 2 is 1.66 bits per heavy atom. The van der Waals surface area contributed by atoms with Gasteiger partial charge in [-0.25, -0.2) is 8.42 Å². The maximum atomic E-state index is 13.4. The number of amides is 1. The van der Waals surface area contributed by atoms with Crippen LogP contribution in [-0.4, -0.2) is 64.5 Å². The Hall–Kier alpha value is -2.73. The zero-order valence-electron chi connectivity index (χ0n) is 25.9. The number of quaternary nitrogens is 1. The predicted molar refractivity (Wildman–Crippen MR) is 172 cm³/mol. The average molecular weight is 731 g/mol. The van der Waals surface area contributed by atoms with Crippen LogP contribution in [0, 0.1) is 0 Å². The molecule has 0 atom stereocenters. The molecule has 2 aliphatic rings. The average Bonchev–Trinajstić information content (AvgIpc) is 3.14. The van der Waals surface area contributed by atoms with Gasteiger partial charge in [0.25, 0.3) is 5.91 Å². The zero-order chi connectivity index (χ0) is 30.5. The van der Waals surface area contributed by atoms with E-state index in [-0.39, 0.29) is 47.0 Å². The summed E-state index contributed by atoms with van der Waals surface area (Å²) in [5.74, 6) is 0.414. The lowest BCUT2D eigenvalue weighted by Gasteiger charge is -2.40. The maximum absolute atomic E-state index is 13.4. The first-order valence-electron chi connectivity index (χ1n) is 15.3. The monoisotopic (exact) mass is 730 g/mol. The Balaban J connectivity index is 0.00000442. The molecule has 0 spiro atoms. The van der Waals surface area contributed by atoms with Gasteiger partial charge in [-0.3, -0.25) is 4.79 Å². The van der Waals surface area contributed by atoms with Crippen LogP contribution in [0.25, 0.3) is 17.2 Å². The van der Waals surface area contributed by atoms with Crippen molar-refractivity contribution in [2.24, 2.45) is 0 Å². The summed E-state index contributed by atoms with van der Waals surface area (Å²) in [7, 11) is 0.997. The van der Waals surface area contributed by atoms with Crippen LogP contribution in [0.5, 0.6) is 5.75 Å². The van der Waals surface area contributed by atoms with Gasteiger partial charge in [0.2, 0.25) is 0 Å². The van der Waals surface area contributed by atoms with Gasteiger partial charge in [-0.2, -0.15) is 0 Å². The normalized spacial score (nSPS) is 16.6. The number of benzene rings is 3. The molecule has 1 N–H and O–H groups in total. The molecule has 7 nitrogen and oxygen atoms in total. The molecular formula is C35H43IN2O5S. The van der Waals surface area contributed by atoms with E-state index in [1.165, 1.54) is 5.56 Å². The highest BCUT2D eigenvalue weighted by atomic mass is 127. The third kappa shape index (κ3) is 8.50. The van der Waals surface area contributed by atoms with Gasteiger partial charge < -0.3 is 43.3 Å². The van der Waals surface area contributed by atoms with Crippen molar-refractivity contribution in [3.8, 4) is 16.9 Å². The molecule has 2 aliphatic heterocycles. The molecule has 5 rings (SSSR count). The van der Waals surface area contributed by atoms with E-state index in [4.69, 9.17) is 9.47 Å². The molecule has 3 aromatic rings. The van der Waals surface area contributed by atoms with E-state index in [2.05, 4.69) is 38.5 Å². The van der Waals surface area contributed by atoms with Gasteiger partial charge in [0, 0.05) is 29.7 Å². The van der Waals surface area contributed by atoms with Crippen molar-refractivity contribution in [1.82, 2.24) is 0 Å². The fourth-order valence-electron chi connectivity index (χ4n) is 5.88. The SMILES string of the molecule is CCCCOc1ccc(-c2ccc3c(c2)C=C(C(=O)Nc2ccc(C[N+](C)(C)C4CCOCC4)cc2)CCS3(=O)=O)cc1.[I-]. The summed E-state index contributed by atoms with van der Waals surface area (Å²) in [5, 5.41) is 2.99. The van der Waals surface area contributed by atoms with Crippen molar-refractivity contribution < 1.29 is 51.1 Å². The van der Waals surface area contributed by atoms with Gasteiger partial charge >= 0.3 is 0 Å². The second-order valence-electron chi connectivity index (χ2n) is 12.1. The van der Waals surface area contributed by atoms with Crippen molar-refractivity contribution in [2.45, 2.75) is 56.5 Å². The van der Waals surface area contributed by atoms with Crippen LogP contribution in [0.15, 0.2) is 77.2 Å². The highest BCUT2D eigenvalue weighted by molar-refractivity contribution is 7.91. The topological polar surface area (TPSA) is 81.7 Å². The lowest BCUT2D eigenvalue weighted by atomic mass is 10.0. The summed E-state index contributed by atoms with van der Waals surface area (Å²) in [6.45, 7) is 5.35. The van der Waals surface area contributed by atoms with Crippen molar-refractivity contribution >= 4 is 27.5 Å². The number of hydrogen-bond donors (Lipinski definition) is 1. The Morgan fingerprint density at radius 1 is 0.977 bits per heavy atom. The summed E-state index contributed by atoms with van der Waals surface area (Å²) in [6.07, 6.45) is 6.09. The number of anilines is 1. The van der Waals surface area contributed by atoms with Gasteiger partial charge in [-0.15, -0.1) is 0 Å². The molecule has 2 heterocycles. The van der Waals surface area contributed by atoms with Crippen molar-refractivity contribution in [1.29, 1.82) is 0 Å². The molecule has 0 unspecified atom stereocenters. The molecule has 44 heavy (non-hydrogen) atoms. The number of rotatable bonds is 10. The first-order chi connectivity index (χ1) is 20.6. The van der Waals surface area contributed by atoms with Gasteiger partial charge in [0.1, 0.15) is 12.3 Å². The number of nitrogens with zero attached hydrogens (tertiary/aromatic N) is 1. The molecule has 0 aromatic heterocycles. The van der Waals surface area contributed by atoms with E-state index in [9.17, 15) is 13.2 Å². The lowest BCUT2D eigenvalue weighted by Crippen LogP contribution is -3.00. The smallest absolute Gasteiger partial charge is 0.251 e. The van der Waals surface area contributed by atoms with Crippen molar-refractivity contribution in [3.63, 3.8) is 0 Å². The van der Waals surface area contributed by atoms with Crippen molar-refractivity contribution in [3.05, 3.63) is 83.4 Å². The van der Waals surface area contributed by atoms with Crippen molar-refractivity contribution in [2.75, 3.05) is 45.0 Å². The van der Waals surface area contributed by atoms with Crippen LogP contribution in [0.2, 0.25) is 0 Å². The van der Waals surface area contributed by atoms with Gasteiger partial charge in [-0.05, 0) is 72.0 Å². The molecule has 0 aliphatic carbocycles. The molecule has 1 saturated heterocycles. The predicted octanol–water partition coefficient (Wildman–Crippen LogP) is 3.49. The fraction of sp³-hybridized carbons (Fsp3) is 0.400. The maximum Gasteiger partial charge on any atom is 0.251 e. The van der Waals surface area contributed by atoms with E-state index in [1.807, 2.05) is 48.5 Å². The number of unbranched alkanes of at least 4 members (excludes halogenated alkanes) is 1. The molecular weight excluding hydrogens is 687 g/mol. The summed E-state index contributed by atoms with van der Waals surface area (Å²) in [5.41, 5.74) is 4.70. The number of carbonyl (C=O) groups excluding carboxylic acids is 1. The molecule has 236 valence electrons. The van der Waals surface area contributed by atoms with Gasteiger partial charge in [0.15, 0.2) is 9.84 Å². The van der Waals surface area contributed by atoms with Crippen LogP contribution in [0.4, 0.5) is 5.69 Å². The Bertz CT molecular complexity index is 1560. The quantitative estimate of drug-likeness (QED) is 0.197. The minimum atomic E-state index is -3.53. The molecule has 1 fully saturated rings.